The topological polar surface area (TPSA) is 61.5 Å². The Balaban J connectivity index is 2.29. The lowest BCUT2D eigenvalue weighted by molar-refractivity contribution is -0.144. The van der Waals surface area contributed by atoms with Gasteiger partial charge in [0.05, 0.1) is 13.7 Å². The predicted molar refractivity (Wildman–Crippen MR) is 78.4 cm³/mol. The minimum atomic E-state index is -0.523. The van der Waals surface area contributed by atoms with E-state index in [1.165, 1.54) is 0 Å². The first-order chi connectivity index (χ1) is 9.19. The first-order valence-electron chi connectivity index (χ1n) is 6.30. The van der Waals surface area contributed by atoms with Crippen LogP contribution in [0, 0.1) is 0 Å². The fraction of sp³-hybridized carbons (Fsp3) is 0.500. The Bertz CT molecular complexity index is 398. The van der Waals surface area contributed by atoms with E-state index in [-0.39, 0.29) is 5.97 Å². The molecule has 19 heavy (non-hydrogen) atoms. The minimum Gasteiger partial charge on any atom is -0.496 e. The van der Waals surface area contributed by atoms with Gasteiger partial charge in [0.15, 0.2) is 0 Å². The molecule has 5 heteroatoms. The van der Waals surface area contributed by atoms with Crippen molar-refractivity contribution in [2.45, 2.75) is 25.1 Å². The van der Waals surface area contributed by atoms with E-state index in [1.807, 2.05) is 24.3 Å². The third-order valence-electron chi connectivity index (χ3n) is 2.61. The van der Waals surface area contributed by atoms with E-state index in [2.05, 4.69) is 0 Å². The number of hydrogen-bond donors (Lipinski definition) is 1. The van der Waals surface area contributed by atoms with Gasteiger partial charge < -0.3 is 15.2 Å². The molecule has 0 aromatic heterocycles. The van der Waals surface area contributed by atoms with Crippen LogP contribution >= 0.6 is 11.8 Å². The average Bonchev–Trinajstić information content (AvgIpc) is 2.44. The zero-order valence-electron chi connectivity index (χ0n) is 11.4. The molecule has 4 nitrogen and oxygen atoms in total. The second kappa shape index (κ2) is 8.82. The highest BCUT2D eigenvalue weighted by Crippen LogP contribution is 2.23. The smallest absolute Gasteiger partial charge is 0.322 e. The first-order valence-corrected chi connectivity index (χ1v) is 7.46. The van der Waals surface area contributed by atoms with E-state index >= 15 is 0 Å². The molecule has 0 aliphatic rings. The van der Waals surface area contributed by atoms with Crippen LogP contribution in [0.3, 0.4) is 0 Å². The maximum absolute atomic E-state index is 11.3. The Morgan fingerprint density at radius 1 is 1.42 bits per heavy atom. The zero-order valence-corrected chi connectivity index (χ0v) is 12.2. The maximum Gasteiger partial charge on any atom is 0.322 e. The maximum atomic E-state index is 11.3. The molecule has 1 aromatic carbocycles. The quantitative estimate of drug-likeness (QED) is 0.585. The normalized spacial score (nSPS) is 11.9. The van der Waals surface area contributed by atoms with Crippen LogP contribution in [-0.2, 0) is 15.3 Å². The fourth-order valence-corrected chi connectivity index (χ4v) is 2.61. The highest BCUT2D eigenvalue weighted by molar-refractivity contribution is 7.98. The molecule has 0 aliphatic carbocycles. The summed E-state index contributed by atoms with van der Waals surface area (Å²) in [6.45, 7) is 2.15. The second-order valence-corrected chi connectivity index (χ2v) is 5.12. The van der Waals surface area contributed by atoms with Crippen LogP contribution in [0.15, 0.2) is 24.3 Å². The number of carbonyl (C=O) groups is 1. The number of esters is 1. The molecular formula is C14H21NO3S. The van der Waals surface area contributed by atoms with E-state index in [1.54, 1.807) is 25.8 Å². The van der Waals surface area contributed by atoms with Gasteiger partial charge in [-0.3, -0.25) is 4.79 Å². The predicted octanol–water partition coefficient (Wildman–Crippen LogP) is 2.21. The molecule has 1 aromatic rings. The Hall–Kier alpha value is -1.20. The van der Waals surface area contributed by atoms with E-state index < -0.39 is 6.04 Å². The molecule has 106 valence electrons. The van der Waals surface area contributed by atoms with Gasteiger partial charge in [0.2, 0.25) is 0 Å². The van der Waals surface area contributed by atoms with E-state index in [0.29, 0.717) is 13.0 Å². The molecule has 0 radical (unpaired) electrons. The molecule has 0 amide bonds. The summed E-state index contributed by atoms with van der Waals surface area (Å²) in [5.74, 6) is 2.24. The van der Waals surface area contributed by atoms with Gasteiger partial charge in [0, 0.05) is 11.3 Å². The van der Waals surface area contributed by atoms with Crippen LogP contribution in [0.4, 0.5) is 0 Å². The minimum absolute atomic E-state index is 0.319. The Morgan fingerprint density at radius 3 is 2.84 bits per heavy atom. The van der Waals surface area contributed by atoms with E-state index in [4.69, 9.17) is 15.2 Å². The summed E-state index contributed by atoms with van der Waals surface area (Å²) < 4.78 is 10.1. The molecule has 1 rings (SSSR count). The SMILES string of the molecule is CCOC(=O)C(N)CCSCc1ccccc1OC. The summed E-state index contributed by atoms with van der Waals surface area (Å²) in [7, 11) is 1.67. The van der Waals surface area contributed by atoms with Crippen molar-refractivity contribution < 1.29 is 14.3 Å². The third kappa shape index (κ3) is 5.53. The van der Waals surface area contributed by atoms with Crippen LogP contribution in [0.5, 0.6) is 5.75 Å². The summed E-state index contributed by atoms with van der Waals surface area (Å²) in [5, 5.41) is 0. The Labute approximate surface area is 118 Å². The van der Waals surface area contributed by atoms with Crippen LogP contribution in [0.25, 0.3) is 0 Å². The molecular weight excluding hydrogens is 262 g/mol. The van der Waals surface area contributed by atoms with Gasteiger partial charge in [-0.05, 0) is 25.2 Å². The summed E-state index contributed by atoms with van der Waals surface area (Å²) in [5.41, 5.74) is 6.88. The third-order valence-corrected chi connectivity index (χ3v) is 3.65. The molecule has 1 atom stereocenters. The molecule has 0 bridgehead atoms. The van der Waals surface area contributed by atoms with Crippen molar-refractivity contribution in [3.63, 3.8) is 0 Å². The lowest BCUT2D eigenvalue weighted by Gasteiger charge is -2.11. The van der Waals surface area contributed by atoms with Gasteiger partial charge >= 0.3 is 5.97 Å². The van der Waals surface area contributed by atoms with Crippen molar-refractivity contribution in [2.75, 3.05) is 19.5 Å². The van der Waals surface area contributed by atoms with E-state index in [9.17, 15) is 4.79 Å². The Kier molecular flexibility index (Phi) is 7.36. The molecule has 0 aliphatic heterocycles. The number of nitrogens with two attached hydrogens (primary N) is 1. The summed E-state index contributed by atoms with van der Waals surface area (Å²) in [6.07, 6.45) is 0.624. The van der Waals surface area contributed by atoms with Gasteiger partial charge in [-0.1, -0.05) is 18.2 Å². The second-order valence-electron chi connectivity index (χ2n) is 4.01. The van der Waals surface area contributed by atoms with Crippen molar-refractivity contribution in [2.24, 2.45) is 5.73 Å². The van der Waals surface area contributed by atoms with Gasteiger partial charge in [-0.25, -0.2) is 0 Å². The number of rotatable bonds is 8. The number of benzene rings is 1. The highest BCUT2D eigenvalue weighted by Gasteiger charge is 2.13. The van der Waals surface area contributed by atoms with Crippen molar-refractivity contribution in [1.82, 2.24) is 0 Å². The summed E-state index contributed by atoms with van der Waals surface area (Å²) in [6, 6.07) is 7.40. The van der Waals surface area contributed by atoms with Crippen LogP contribution in [0.1, 0.15) is 18.9 Å². The molecule has 0 heterocycles. The number of ether oxygens (including phenoxy) is 2. The van der Waals surface area contributed by atoms with Gasteiger partial charge in [0.25, 0.3) is 0 Å². The van der Waals surface area contributed by atoms with Gasteiger partial charge in [0.1, 0.15) is 11.8 Å². The number of hydrogen-bond acceptors (Lipinski definition) is 5. The number of methoxy groups -OCH3 is 1. The average molecular weight is 283 g/mol. The Morgan fingerprint density at radius 2 is 2.16 bits per heavy atom. The monoisotopic (exact) mass is 283 g/mol. The van der Waals surface area contributed by atoms with Crippen LogP contribution < -0.4 is 10.5 Å². The number of carbonyl (C=O) groups excluding carboxylic acids is 1. The largest absolute Gasteiger partial charge is 0.496 e. The van der Waals surface area contributed by atoms with E-state index in [0.717, 1.165) is 22.8 Å². The lowest BCUT2D eigenvalue weighted by Crippen LogP contribution is -2.32. The lowest BCUT2D eigenvalue weighted by atomic mass is 10.2. The highest BCUT2D eigenvalue weighted by atomic mass is 32.2. The molecule has 0 fully saturated rings. The van der Waals surface area contributed by atoms with Crippen LogP contribution in [-0.4, -0.2) is 31.5 Å². The summed E-state index contributed by atoms with van der Waals surface area (Å²) >= 11 is 1.73. The van der Waals surface area contributed by atoms with Crippen molar-refractivity contribution >= 4 is 17.7 Å². The van der Waals surface area contributed by atoms with Crippen molar-refractivity contribution in [1.29, 1.82) is 0 Å². The van der Waals surface area contributed by atoms with Gasteiger partial charge in [-0.15, -0.1) is 0 Å². The van der Waals surface area contributed by atoms with Gasteiger partial charge in [-0.2, -0.15) is 11.8 Å². The molecule has 0 saturated heterocycles. The van der Waals surface area contributed by atoms with Crippen molar-refractivity contribution in [3.8, 4) is 5.75 Å². The standard InChI is InChI=1S/C14H21NO3S/c1-3-18-14(16)12(15)8-9-19-10-11-6-4-5-7-13(11)17-2/h4-7,12H,3,8-10,15H2,1-2H3. The summed E-state index contributed by atoms with van der Waals surface area (Å²) in [4.78, 5) is 11.3. The fourth-order valence-electron chi connectivity index (χ4n) is 1.58. The first kappa shape index (κ1) is 15.9. The number of para-hydroxylation sites is 1. The zero-order chi connectivity index (χ0) is 14.1. The van der Waals surface area contributed by atoms with Crippen molar-refractivity contribution in [3.05, 3.63) is 29.8 Å². The number of thioether (sulfide) groups is 1. The molecule has 0 saturated carbocycles. The van der Waals surface area contributed by atoms with Crippen LogP contribution in [0.2, 0.25) is 0 Å². The molecule has 0 spiro atoms. The molecule has 2 N–H and O–H groups in total. The molecule has 1 unspecified atom stereocenters.